The van der Waals surface area contributed by atoms with Crippen LogP contribution >= 0.6 is 0 Å². The Bertz CT molecular complexity index is 706. The number of ether oxygens (including phenoxy) is 2. The lowest BCUT2D eigenvalue weighted by Crippen LogP contribution is -2.18. The third-order valence-electron chi connectivity index (χ3n) is 2.59. The molecule has 0 saturated carbocycles. The Morgan fingerprint density at radius 3 is 2.22 bits per heavy atom. The minimum atomic E-state index is -5.06. The molecule has 1 aromatic heterocycles. The largest absolute Gasteiger partial charge is 0.573 e. The van der Waals surface area contributed by atoms with Crippen molar-refractivity contribution in [2.24, 2.45) is 0 Å². The van der Waals surface area contributed by atoms with E-state index in [-0.39, 0.29) is 0 Å². The Morgan fingerprint density at radius 1 is 1.09 bits per heavy atom. The van der Waals surface area contributed by atoms with E-state index in [0.717, 1.165) is 7.11 Å². The van der Waals surface area contributed by atoms with Crippen LogP contribution in [0.5, 0.6) is 11.6 Å². The second-order valence-electron chi connectivity index (χ2n) is 4.12. The number of hydrogen-bond acceptors (Lipinski definition) is 3. The van der Waals surface area contributed by atoms with Crippen LogP contribution in [0, 0.1) is 5.82 Å². The zero-order valence-corrected chi connectivity index (χ0v) is 11.2. The second-order valence-corrected chi connectivity index (χ2v) is 4.12. The van der Waals surface area contributed by atoms with Gasteiger partial charge in [0.15, 0.2) is 5.82 Å². The van der Waals surface area contributed by atoms with E-state index < -0.39 is 41.5 Å². The molecule has 0 spiro atoms. The van der Waals surface area contributed by atoms with Crippen LogP contribution in [-0.2, 0) is 6.18 Å². The van der Waals surface area contributed by atoms with Gasteiger partial charge in [0.05, 0.1) is 19.0 Å². The zero-order valence-electron chi connectivity index (χ0n) is 11.2. The summed E-state index contributed by atoms with van der Waals surface area (Å²) in [5.41, 5.74) is -0.693. The fraction of sp³-hybridized carbons (Fsp3) is 0.250. The maximum Gasteiger partial charge on any atom is 0.573 e. The van der Waals surface area contributed by atoms with Gasteiger partial charge in [-0.15, -0.1) is 13.2 Å². The molecule has 0 atom stereocenters. The predicted octanol–water partition coefficient (Wildman–Crippen LogP) is 3.94. The highest BCUT2D eigenvalue weighted by molar-refractivity contribution is 5.43. The molecule has 11 heteroatoms. The van der Waals surface area contributed by atoms with Gasteiger partial charge in [-0.1, -0.05) is 0 Å². The number of aromatic nitrogens is 2. The van der Waals surface area contributed by atoms with Crippen LogP contribution in [0.25, 0.3) is 5.69 Å². The molecule has 0 saturated heterocycles. The standard InChI is InChI=1S/C12H7F7N2O2/c1-22-9-5-20-10(11(14,15)16)21(9)8-3-2-6(4-7(8)13)23-12(17,18)19/h2-5H,1H3. The van der Waals surface area contributed by atoms with Crippen LogP contribution in [-0.4, -0.2) is 23.0 Å². The highest BCUT2D eigenvalue weighted by atomic mass is 19.4. The Kier molecular flexibility index (Phi) is 4.14. The van der Waals surface area contributed by atoms with E-state index in [9.17, 15) is 30.7 Å². The van der Waals surface area contributed by atoms with E-state index in [1.165, 1.54) is 0 Å². The first-order valence-corrected chi connectivity index (χ1v) is 5.77. The second kappa shape index (κ2) is 5.63. The summed E-state index contributed by atoms with van der Waals surface area (Å²) in [6, 6.07) is 1.67. The lowest BCUT2D eigenvalue weighted by atomic mass is 10.2. The summed E-state index contributed by atoms with van der Waals surface area (Å²) in [6.45, 7) is 0. The van der Waals surface area contributed by atoms with E-state index >= 15 is 0 Å². The summed E-state index contributed by atoms with van der Waals surface area (Å²) < 4.78 is 97.2. The van der Waals surface area contributed by atoms with Crippen LogP contribution in [0.1, 0.15) is 5.82 Å². The molecule has 0 radical (unpaired) electrons. The molecule has 2 aromatic rings. The first-order valence-electron chi connectivity index (χ1n) is 5.77. The minimum Gasteiger partial charge on any atom is -0.481 e. The number of methoxy groups -OCH3 is 1. The molecule has 1 heterocycles. The van der Waals surface area contributed by atoms with Crippen LogP contribution in [0.15, 0.2) is 24.4 Å². The molecule has 23 heavy (non-hydrogen) atoms. The zero-order chi connectivity index (χ0) is 17.4. The summed E-state index contributed by atoms with van der Waals surface area (Å²) in [5, 5.41) is 0. The highest BCUT2D eigenvalue weighted by Crippen LogP contribution is 2.35. The lowest BCUT2D eigenvalue weighted by Gasteiger charge is -2.15. The van der Waals surface area contributed by atoms with Gasteiger partial charge < -0.3 is 9.47 Å². The van der Waals surface area contributed by atoms with Crippen molar-refractivity contribution in [1.82, 2.24) is 9.55 Å². The van der Waals surface area contributed by atoms with E-state index in [0.29, 0.717) is 29.0 Å². The summed E-state index contributed by atoms with van der Waals surface area (Å²) in [5.74, 6) is -4.22. The van der Waals surface area contributed by atoms with E-state index in [1.807, 2.05) is 0 Å². The smallest absolute Gasteiger partial charge is 0.481 e. The van der Waals surface area contributed by atoms with Gasteiger partial charge in [-0.05, 0) is 12.1 Å². The van der Waals surface area contributed by atoms with Crippen molar-refractivity contribution >= 4 is 0 Å². The van der Waals surface area contributed by atoms with Gasteiger partial charge in [0, 0.05) is 6.07 Å². The molecule has 0 amide bonds. The molecule has 2 rings (SSSR count). The van der Waals surface area contributed by atoms with Crippen molar-refractivity contribution in [2.75, 3.05) is 7.11 Å². The number of alkyl halides is 6. The van der Waals surface area contributed by atoms with Crippen LogP contribution in [0.3, 0.4) is 0 Å². The topological polar surface area (TPSA) is 36.3 Å². The van der Waals surface area contributed by atoms with Crippen molar-refractivity contribution in [2.45, 2.75) is 12.5 Å². The molecular formula is C12H7F7N2O2. The average molecular weight is 344 g/mol. The number of imidazole rings is 1. The van der Waals surface area contributed by atoms with Crippen molar-refractivity contribution in [3.63, 3.8) is 0 Å². The van der Waals surface area contributed by atoms with Crippen LogP contribution in [0.2, 0.25) is 0 Å². The Morgan fingerprint density at radius 2 is 1.74 bits per heavy atom. The fourth-order valence-corrected chi connectivity index (χ4v) is 1.78. The molecular weight excluding hydrogens is 337 g/mol. The van der Waals surface area contributed by atoms with Crippen molar-refractivity contribution in [1.29, 1.82) is 0 Å². The van der Waals surface area contributed by atoms with Gasteiger partial charge in [-0.25, -0.2) is 9.37 Å². The summed E-state index contributed by atoms with van der Waals surface area (Å²) in [4.78, 5) is 3.09. The molecule has 0 unspecified atom stereocenters. The number of hydrogen-bond donors (Lipinski definition) is 0. The maximum absolute atomic E-state index is 14.0. The molecule has 126 valence electrons. The molecule has 0 aliphatic carbocycles. The third kappa shape index (κ3) is 3.66. The van der Waals surface area contributed by atoms with Gasteiger partial charge in [0.25, 0.3) is 0 Å². The Hall–Kier alpha value is -2.46. The van der Waals surface area contributed by atoms with Gasteiger partial charge in [-0.2, -0.15) is 13.2 Å². The SMILES string of the molecule is COc1cnc(C(F)(F)F)n1-c1ccc(OC(F)(F)F)cc1F. The van der Waals surface area contributed by atoms with Crippen LogP contribution < -0.4 is 9.47 Å². The minimum absolute atomic E-state index is 0.298. The maximum atomic E-state index is 14.0. The third-order valence-corrected chi connectivity index (χ3v) is 2.59. The van der Waals surface area contributed by atoms with Gasteiger partial charge in [0.2, 0.25) is 11.7 Å². The van der Waals surface area contributed by atoms with Gasteiger partial charge >= 0.3 is 12.5 Å². The average Bonchev–Trinajstić information content (AvgIpc) is 2.80. The first kappa shape index (κ1) is 16.9. The van der Waals surface area contributed by atoms with Crippen molar-refractivity contribution in [3.05, 3.63) is 36.0 Å². The normalized spacial score (nSPS) is 12.3. The predicted molar refractivity (Wildman–Crippen MR) is 61.8 cm³/mol. The lowest BCUT2D eigenvalue weighted by molar-refractivity contribution is -0.274. The van der Waals surface area contributed by atoms with E-state index in [4.69, 9.17) is 0 Å². The Labute approximate surface area is 124 Å². The highest BCUT2D eigenvalue weighted by Gasteiger charge is 2.39. The fourth-order valence-electron chi connectivity index (χ4n) is 1.78. The quantitative estimate of drug-likeness (QED) is 0.792. The molecule has 0 aliphatic rings. The number of halogens is 7. The summed E-state index contributed by atoms with van der Waals surface area (Å²) >= 11 is 0. The van der Waals surface area contributed by atoms with Crippen LogP contribution in [0.4, 0.5) is 30.7 Å². The van der Waals surface area contributed by atoms with E-state index in [1.54, 1.807) is 0 Å². The van der Waals surface area contributed by atoms with Crippen molar-refractivity contribution < 1.29 is 40.2 Å². The molecule has 0 N–H and O–H groups in total. The number of benzene rings is 1. The van der Waals surface area contributed by atoms with Gasteiger partial charge in [0.1, 0.15) is 5.75 Å². The summed E-state index contributed by atoms with van der Waals surface area (Å²) in [7, 11) is 1.03. The van der Waals surface area contributed by atoms with Crippen molar-refractivity contribution in [3.8, 4) is 17.3 Å². The number of nitrogens with zero attached hydrogens (tertiary/aromatic N) is 2. The van der Waals surface area contributed by atoms with E-state index in [2.05, 4.69) is 14.5 Å². The Balaban J connectivity index is 2.53. The first-order chi connectivity index (χ1) is 10.5. The molecule has 1 aromatic carbocycles. The monoisotopic (exact) mass is 344 g/mol. The molecule has 0 aliphatic heterocycles. The van der Waals surface area contributed by atoms with Gasteiger partial charge in [-0.3, -0.25) is 4.57 Å². The number of rotatable bonds is 3. The summed E-state index contributed by atoms with van der Waals surface area (Å²) in [6.07, 6.45) is -9.27. The molecule has 4 nitrogen and oxygen atoms in total. The molecule has 0 fully saturated rings. The molecule has 0 bridgehead atoms.